The molecule has 0 saturated carbocycles. The van der Waals surface area contributed by atoms with Gasteiger partial charge in [0.15, 0.2) is 5.78 Å². The van der Waals surface area contributed by atoms with Gasteiger partial charge in [-0.25, -0.2) is 9.37 Å². The molecule has 0 bridgehead atoms. The molecule has 5 nitrogen and oxygen atoms in total. The van der Waals surface area contributed by atoms with Gasteiger partial charge in [0.05, 0.1) is 29.5 Å². The molecular formula is C24H23FN4OS. The molecule has 3 heterocycles. The molecule has 3 aromatic rings. The lowest BCUT2D eigenvalue weighted by atomic mass is 9.97. The molecule has 2 aromatic heterocycles. The first kappa shape index (κ1) is 21.2. The van der Waals surface area contributed by atoms with Crippen molar-refractivity contribution in [3.05, 3.63) is 93.5 Å². The topological polar surface area (TPSA) is 67.2 Å². The van der Waals surface area contributed by atoms with Crippen LogP contribution in [-0.2, 0) is 17.8 Å². The number of pyridine rings is 1. The summed E-state index contributed by atoms with van der Waals surface area (Å²) in [4.78, 5) is 26.3. The molecule has 1 aromatic carbocycles. The highest BCUT2D eigenvalue weighted by atomic mass is 32.1. The third-order valence-corrected chi connectivity index (χ3v) is 5.78. The summed E-state index contributed by atoms with van der Waals surface area (Å²) in [6, 6.07) is 9.83. The van der Waals surface area contributed by atoms with E-state index in [-0.39, 0.29) is 17.6 Å². The number of rotatable bonds is 9. The fraction of sp³-hybridized carbons (Fsp3) is 0.250. The van der Waals surface area contributed by atoms with Crippen LogP contribution in [0.4, 0.5) is 4.39 Å². The predicted molar refractivity (Wildman–Crippen MR) is 121 cm³/mol. The zero-order chi connectivity index (χ0) is 21.6. The van der Waals surface area contributed by atoms with E-state index in [2.05, 4.69) is 20.3 Å². The molecule has 0 fully saturated rings. The molecule has 0 saturated heterocycles. The van der Waals surface area contributed by atoms with Crippen molar-refractivity contribution in [2.45, 2.75) is 32.4 Å². The van der Waals surface area contributed by atoms with E-state index in [0.717, 1.165) is 33.8 Å². The van der Waals surface area contributed by atoms with E-state index in [1.165, 1.54) is 23.5 Å². The number of ketones is 1. The van der Waals surface area contributed by atoms with Crippen LogP contribution in [0.3, 0.4) is 0 Å². The quantitative estimate of drug-likeness (QED) is 0.551. The molecule has 0 unspecified atom stereocenters. The Labute approximate surface area is 184 Å². The van der Waals surface area contributed by atoms with Gasteiger partial charge in [-0.15, -0.1) is 11.3 Å². The third kappa shape index (κ3) is 5.77. The van der Waals surface area contributed by atoms with Crippen molar-refractivity contribution in [1.29, 1.82) is 0 Å². The summed E-state index contributed by atoms with van der Waals surface area (Å²) in [6.07, 6.45) is 4.59. The molecule has 1 N–H and O–H groups in total. The Morgan fingerprint density at radius 2 is 2.06 bits per heavy atom. The monoisotopic (exact) mass is 434 g/mol. The first-order valence-corrected chi connectivity index (χ1v) is 11.1. The number of halogens is 1. The maximum atomic E-state index is 13.3. The minimum Gasteiger partial charge on any atom is -0.301 e. The van der Waals surface area contributed by atoms with Crippen LogP contribution in [0, 0.1) is 12.7 Å². The number of carbonyl (C=O) groups is 1. The molecule has 1 aliphatic heterocycles. The zero-order valence-electron chi connectivity index (χ0n) is 17.2. The van der Waals surface area contributed by atoms with Crippen molar-refractivity contribution in [2.75, 3.05) is 6.54 Å². The van der Waals surface area contributed by atoms with E-state index in [1.807, 2.05) is 30.5 Å². The summed E-state index contributed by atoms with van der Waals surface area (Å²) in [5.41, 5.74) is 7.42. The molecule has 7 heteroatoms. The second-order valence-corrected chi connectivity index (χ2v) is 8.30. The lowest BCUT2D eigenvalue weighted by molar-refractivity contribution is -0.120. The maximum absolute atomic E-state index is 13.3. The summed E-state index contributed by atoms with van der Waals surface area (Å²) >= 11 is 1.52. The van der Waals surface area contributed by atoms with Gasteiger partial charge in [-0.3, -0.25) is 14.8 Å². The van der Waals surface area contributed by atoms with Crippen LogP contribution in [0.15, 0.2) is 70.1 Å². The standard InChI is InChI=1S/C24H23FN4OS/c1-16-8-19(6-7-26-16)22-10-18(12-27-22)11-24(30)23(28-13-21-14-31-15-29-21)9-17-2-4-20(25)5-3-17/h2-8,10,14-15,23,28H,9,11-13H2,1H3/t23-/m0/s1. The minimum atomic E-state index is -0.389. The van der Waals surface area contributed by atoms with Crippen molar-refractivity contribution in [3.8, 4) is 0 Å². The number of Topliss-reactive ketones (excluding diaryl/α,β-unsaturated/α-hetero) is 1. The molecule has 0 aliphatic carbocycles. The van der Waals surface area contributed by atoms with Crippen LogP contribution in [-0.4, -0.2) is 34.0 Å². The van der Waals surface area contributed by atoms with E-state index in [4.69, 9.17) is 0 Å². The van der Waals surface area contributed by atoms with Crippen LogP contribution in [0.5, 0.6) is 0 Å². The lowest BCUT2D eigenvalue weighted by Gasteiger charge is -2.18. The summed E-state index contributed by atoms with van der Waals surface area (Å²) in [7, 11) is 0. The fourth-order valence-corrected chi connectivity index (χ4v) is 4.07. The zero-order valence-corrected chi connectivity index (χ0v) is 18.0. The van der Waals surface area contributed by atoms with Crippen molar-refractivity contribution >= 4 is 22.8 Å². The Morgan fingerprint density at radius 3 is 2.81 bits per heavy atom. The van der Waals surface area contributed by atoms with Gasteiger partial charge >= 0.3 is 0 Å². The number of benzene rings is 1. The Balaban J connectivity index is 1.44. The first-order chi connectivity index (χ1) is 15.1. The smallest absolute Gasteiger partial charge is 0.154 e. The molecule has 158 valence electrons. The summed E-state index contributed by atoms with van der Waals surface area (Å²) in [5, 5.41) is 5.30. The van der Waals surface area contributed by atoms with Crippen LogP contribution >= 0.6 is 11.3 Å². The van der Waals surface area contributed by atoms with Crippen molar-refractivity contribution in [3.63, 3.8) is 0 Å². The fourth-order valence-electron chi connectivity index (χ4n) is 3.51. The SMILES string of the molecule is Cc1cc(C2=NCC(CC(=O)[C@H](Cc3ccc(F)cc3)NCc3cscn3)=C2)ccn1. The van der Waals surface area contributed by atoms with Gasteiger partial charge in [0, 0.05) is 35.8 Å². The predicted octanol–water partition coefficient (Wildman–Crippen LogP) is 4.08. The van der Waals surface area contributed by atoms with Gasteiger partial charge in [-0.1, -0.05) is 12.1 Å². The van der Waals surface area contributed by atoms with Crippen molar-refractivity contribution in [2.24, 2.45) is 4.99 Å². The van der Waals surface area contributed by atoms with Gasteiger partial charge in [-0.05, 0) is 54.8 Å². The van der Waals surface area contributed by atoms with E-state index in [1.54, 1.807) is 23.8 Å². The first-order valence-electron chi connectivity index (χ1n) is 10.1. The Kier molecular flexibility index (Phi) is 6.74. The van der Waals surface area contributed by atoms with Crippen LogP contribution in [0.2, 0.25) is 0 Å². The van der Waals surface area contributed by atoms with Gasteiger partial charge < -0.3 is 5.32 Å². The second-order valence-electron chi connectivity index (χ2n) is 7.58. The van der Waals surface area contributed by atoms with Crippen LogP contribution in [0.25, 0.3) is 0 Å². The molecule has 1 atom stereocenters. The third-order valence-electron chi connectivity index (χ3n) is 5.14. The normalized spacial score (nSPS) is 14.3. The minimum absolute atomic E-state index is 0.0909. The molecular weight excluding hydrogens is 411 g/mol. The number of allylic oxidation sites excluding steroid dienone is 1. The Bertz CT molecular complexity index is 1110. The average molecular weight is 435 g/mol. The average Bonchev–Trinajstić information content (AvgIpc) is 3.44. The van der Waals surface area contributed by atoms with Crippen molar-refractivity contribution in [1.82, 2.24) is 15.3 Å². The molecule has 1 aliphatic rings. The maximum Gasteiger partial charge on any atom is 0.154 e. The highest BCUT2D eigenvalue weighted by Crippen LogP contribution is 2.18. The van der Waals surface area contributed by atoms with Crippen LogP contribution in [0.1, 0.15) is 28.9 Å². The summed E-state index contributed by atoms with van der Waals surface area (Å²) in [6.45, 7) is 2.98. The number of thiazole rings is 1. The largest absolute Gasteiger partial charge is 0.301 e. The second kappa shape index (κ2) is 9.85. The van der Waals surface area contributed by atoms with Gasteiger partial charge in [-0.2, -0.15) is 0 Å². The van der Waals surface area contributed by atoms with Crippen LogP contribution < -0.4 is 5.32 Å². The number of hydrogen-bond donors (Lipinski definition) is 1. The number of hydrogen-bond acceptors (Lipinski definition) is 6. The number of aromatic nitrogens is 2. The number of carbonyl (C=O) groups excluding carboxylic acids is 1. The van der Waals surface area contributed by atoms with E-state index < -0.39 is 0 Å². The Hall–Kier alpha value is -3.03. The highest BCUT2D eigenvalue weighted by Gasteiger charge is 2.22. The number of nitrogens with zero attached hydrogens (tertiary/aromatic N) is 3. The summed E-state index contributed by atoms with van der Waals surface area (Å²) in [5.74, 6) is -0.192. The number of aliphatic imine (C=N–C) groups is 1. The van der Waals surface area contributed by atoms with Gasteiger partial charge in [0.1, 0.15) is 5.82 Å². The van der Waals surface area contributed by atoms with E-state index in [0.29, 0.717) is 25.9 Å². The van der Waals surface area contributed by atoms with Gasteiger partial charge in [0.2, 0.25) is 0 Å². The highest BCUT2D eigenvalue weighted by molar-refractivity contribution is 7.07. The molecule has 0 radical (unpaired) electrons. The van der Waals surface area contributed by atoms with E-state index >= 15 is 0 Å². The molecule has 4 rings (SSSR count). The number of nitrogens with one attached hydrogen (secondary N) is 1. The van der Waals surface area contributed by atoms with Crippen molar-refractivity contribution < 1.29 is 9.18 Å². The molecule has 0 spiro atoms. The molecule has 0 amide bonds. The van der Waals surface area contributed by atoms with Gasteiger partial charge in [0.25, 0.3) is 0 Å². The van der Waals surface area contributed by atoms with E-state index in [9.17, 15) is 9.18 Å². The number of aryl methyl sites for hydroxylation is 1. The molecule has 31 heavy (non-hydrogen) atoms. The summed E-state index contributed by atoms with van der Waals surface area (Å²) < 4.78 is 13.3. The lowest BCUT2D eigenvalue weighted by Crippen LogP contribution is -2.38. The Morgan fingerprint density at radius 1 is 1.23 bits per heavy atom.